The predicted molar refractivity (Wildman–Crippen MR) is 81.4 cm³/mol. The van der Waals surface area contributed by atoms with Gasteiger partial charge in [-0.1, -0.05) is 0 Å². The van der Waals surface area contributed by atoms with Gasteiger partial charge in [0.15, 0.2) is 0 Å². The third kappa shape index (κ3) is 2.59. The van der Waals surface area contributed by atoms with E-state index in [1.807, 2.05) is 0 Å². The van der Waals surface area contributed by atoms with Gasteiger partial charge in [0.25, 0.3) is 5.91 Å². The summed E-state index contributed by atoms with van der Waals surface area (Å²) in [6.45, 7) is 0. The average Bonchev–Trinajstić information content (AvgIpc) is 3.38. The minimum Gasteiger partial charge on any atom is -0.490 e. The van der Waals surface area contributed by atoms with Crippen LogP contribution in [0.2, 0.25) is 0 Å². The molecule has 0 heterocycles. The van der Waals surface area contributed by atoms with Gasteiger partial charge in [-0.25, -0.2) is 4.39 Å². The summed E-state index contributed by atoms with van der Waals surface area (Å²) in [4.78, 5) is 11.3. The first-order valence-electron chi connectivity index (χ1n) is 8.36. The smallest absolute Gasteiger partial charge is 0.251 e. The van der Waals surface area contributed by atoms with Crippen LogP contribution < -0.4 is 10.5 Å². The molecule has 4 rings (SSSR count). The number of hydrogen-bond acceptors (Lipinski definition) is 2. The Hall–Kier alpha value is -1.58. The molecule has 4 heteroatoms. The van der Waals surface area contributed by atoms with E-state index in [4.69, 9.17) is 10.5 Å². The number of nitrogens with two attached hydrogens (primary N) is 1. The standard InChI is InChI=1S/C18H22FNO2/c19-15-10-16(13(11-1-2-11)9-14(15)17(20)21)22-12-3-5-18(6-4-12)7-8-18/h9-12H,1-8H2,(H2,20,21). The fourth-order valence-electron chi connectivity index (χ4n) is 3.75. The second kappa shape index (κ2) is 4.97. The third-order valence-electron chi connectivity index (χ3n) is 5.63. The van der Waals surface area contributed by atoms with Crippen molar-refractivity contribution in [2.24, 2.45) is 11.1 Å². The molecule has 1 amide bonds. The first kappa shape index (κ1) is 14.0. The topological polar surface area (TPSA) is 52.3 Å². The Kier molecular flexibility index (Phi) is 3.17. The summed E-state index contributed by atoms with van der Waals surface area (Å²) in [5.41, 5.74) is 6.82. The normalized spacial score (nSPS) is 23.5. The Balaban J connectivity index is 1.55. The van der Waals surface area contributed by atoms with Gasteiger partial charge < -0.3 is 10.5 Å². The highest BCUT2D eigenvalue weighted by Gasteiger charge is 2.45. The van der Waals surface area contributed by atoms with E-state index in [-0.39, 0.29) is 11.7 Å². The van der Waals surface area contributed by atoms with Crippen LogP contribution in [0.4, 0.5) is 4.39 Å². The SMILES string of the molecule is NC(=O)c1cc(C2CC2)c(OC2CCC3(CC2)CC3)cc1F. The maximum atomic E-state index is 14.1. The third-order valence-corrected chi connectivity index (χ3v) is 5.63. The summed E-state index contributed by atoms with van der Waals surface area (Å²) in [7, 11) is 0. The molecule has 0 aromatic heterocycles. The first-order valence-corrected chi connectivity index (χ1v) is 8.36. The van der Waals surface area contributed by atoms with Gasteiger partial charge in [0.1, 0.15) is 11.6 Å². The van der Waals surface area contributed by atoms with Gasteiger partial charge in [0.05, 0.1) is 11.7 Å². The van der Waals surface area contributed by atoms with Gasteiger partial charge in [0.2, 0.25) is 0 Å². The van der Waals surface area contributed by atoms with Gasteiger partial charge in [-0.15, -0.1) is 0 Å². The maximum absolute atomic E-state index is 14.1. The fourth-order valence-corrected chi connectivity index (χ4v) is 3.75. The number of amides is 1. The quantitative estimate of drug-likeness (QED) is 0.917. The number of primary amides is 1. The van der Waals surface area contributed by atoms with Crippen molar-refractivity contribution in [3.63, 3.8) is 0 Å². The molecule has 0 radical (unpaired) electrons. The van der Waals surface area contributed by atoms with Crippen LogP contribution in [0.5, 0.6) is 5.75 Å². The predicted octanol–water partition coefficient (Wildman–Crippen LogP) is 3.90. The van der Waals surface area contributed by atoms with E-state index < -0.39 is 11.7 Å². The molecular weight excluding hydrogens is 281 g/mol. The molecule has 2 N–H and O–H groups in total. The van der Waals surface area contributed by atoms with Crippen LogP contribution >= 0.6 is 0 Å². The lowest BCUT2D eigenvalue weighted by Gasteiger charge is -2.29. The zero-order valence-corrected chi connectivity index (χ0v) is 12.7. The van der Waals surface area contributed by atoms with E-state index in [1.54, 1.807) is 6.07 Å². The fraction of sp³-hybridized carbons (Fsp3) is 0.611. The Morgan fingerprint density at radius 2 is 1.82 bits per heavy atom. The van der Waals surface area contributed by atoms with Gasteiger partial charge in [0, 0.05) is 6.07 Å². The zero-order chi connectivity index (χ0) is 15.3. The Morgan fingerprint density at radius 3 is 2.36 bits per heavy atom. The lowest BCUT2D eigenvalue weighted by molar-refractivity contribution is 0.0995. The largest absolute Gasteiger partial charge is 0.490 e. The maximum Gasteiger partial charge on any atom is 0.251 e. The monoisotopic (exact) mass is 303 g/mol. The number of rotatable bonds is 4. The Bertz CT molecular complexity index is 610. The van der Waals surface area contributed by atoms with Crippen molar-refractivity contribution in [2.45, 2.75) is 63.4 Å². The van der Waals surface area contributed by atoms with Crippen LogP contribution in [0.15, 0.2) is 12.1 Å². The summed E-state index contributed by atoms with van der Waals surface area (Å²) < 4.78 is 20.2. The van der Waals surface area contributed by atoms with E-state index in [1.165, 1.54) is 31.7 Å². The van der Waals surface area contributed by atoms with E-state index in [0.717, 1.165) is 31.2 Å². The van der Waals surface area contributed by atoms with Gasteiger partial charge in [-0.3, -0.25) is 4.79 Å². The minimum absolute atomic E-state index is 0.0187. The number of carbonyl (C=O) groups excluding carboxylic acids is 1. The van der Waals surface area contributed by atoms with Crippen LogP contribution in [0, 0.1) is 11.2 Å². The molecule has 3 aliphatic rings. The molecular formula is C18H22FNO2. The lowest BCUT2D eigenvalue weighted by atomic mass is 9.84. The highest BCUT2D eigenvalue weighted by molar-refractivity contribution is 5.93. The zero-order valence-electron chi connectivity index (χ0n) is 12.7. The molecule has 0 saturated heterocycles. The summed E-state index contributed by atoms with van der Waals surface area (Å²) in [5.74, 6) is -0.255. The minimum atomic E-state index is -0.709. The first-order chi connectivity index (χ1) is 10.6. The van der Waals surface area contributed by atoms with Crippen molar-refractivity contribution in [1.29, 1.82) is 0 Å². The van der Waals surface area contributed by atoms with Gasteiger partial charge in [-0.05, 0) is 74.3 Å². The van der Waals surface area contributed by atoms with E-state index in [9.17, 15) is 9.18 Å². The van der Waals surface area contributed by atoms with Crippen molar-refractivity contribution >= 4 is 5.91 Å². The number of hydrogen-bond donors (Lipinski definition) is 1. The van der Waals surface area contributed by atoms with Crippen LogP contribution in [0.25, 0.3) is 0 Å². The van der Waals surface area contributed by atoms with Crippen molar-refractivity contribution in [1.82, 2.24) is 0 Å². The molecule has 1 aromatic carbocycles. The molecule has 22 heavy (non-hydrogen) atoms. The number of ether oxygens (including phenoxy) is 1. The van der Waals surface area contributed by atoms with Crippen LogP contribution in [0.3, 0.4) is 0 Å². The van der Waals surface area contributed by atoms with E-state index in [2.05, 4.69) is 0 Å². The molecule has 1 spiro atoms. The molecule has 118 valence electrons. The molecule has 3 nitrogen and oxygen atoms in total. The molecule has 0 bridgehead atoms. The van der Waals surface area contributed by atoms with Gasteiger partial charge >= 0.3 is 0 Å². The summed E-state index contributed by atoms with van der Waals surface area (Å²) in [6.07, 6.45) is 9.66. The number of carbonyl (C=O) groups is 1. The highest BCUT2D eigenvalue weighted by Crippen LogP contribution is 2.56. The van der Waals surface area contributed by atoms with Crippen LogP contribution in [-0.4, -0.2) is 12.0 Å². The number of halogens is 1. The molecule has 1 aromatic rings. The second-order valence-corrected chi connectivity index (χ2v) is 7.33. The summed E-state index contributed by atoms with van der Waals surface area (Å²) in [5, 5.41) is 0. The highest BCUT2D eigenvalue weighted by atomic mass is 19.1. The van der Waals surface area contributed by atoms with Crippen molar-refractivity contribution in [3.8, 4) is 5.75 Å². The van der Waals surface area contributed by atoms with Gasteiger partial charge in [-0.2, -0.15) is 0 Å². The summed E-state index contributed by atoms with van der Waals surface area (Å²) >= 11 is 0. The molecule has 0 aliphatic heterocycles. The van der Waals surface area contributed by atoms with Crippen molar-refractivity contribution in [2.75, 3.05) is 0 Å². The molecule has 3 fully saturated rings. The van der Waals surface area contributed by atoms with Crippen LogP contribution in [0.1, 0.15) is 73.2 Å². The van der Waals surface area contributed by atoms with Crippen LogP contribution in [-0.2, 0) is 0 Å². The number of benzene rings is 1. The lowest BCUT2D eigenvalue weighted by Crippen LogP contribution is -2.25. The van der Waals surface area contributed by atoms with E-state index >= 15 is 0 Å². The molecule has 3 saturated carbocycles. The summed E-state index contributed by atoms with van der Waals surface area (Å²) in [6, 6.07) is 2.98. The Morgan fingerprint density at radius 1 is 1.14 bits per heavy atom. The molecule has 0 unspecified atom stereocenters. The Labute approximate surface area is 130 Å². The van der Waals surface area contributed by atoms with E-state index in [0.29, 0.717) is 17.1 Å². The second-order valence-electron chi connectivity index (χ2n) is 7.33. The molecule has 3 aliphatic carbocycles. The average molecular weight is 303 g/mol. The van der Waals surface area contributed by atoms with Crippen molar-refractivity contribution in [3.05, 3.63) is 29.1 Å². The molecule has 0 atom stereocenters. The van der Waals surface area contributed by atoms with Crippen molar-refractivity contribution < 1.29 is 13.9 Å².